The van der Waals surface area contributed by atoms with Crippen LogP contribution in [0.5, 0.6) is 0 Å². The summed E-state index contributed by atoms with van der Waals surface area (Å²) in [5.41, 5.74) is 8.58. The molecule has 1 aromatic carbocycles. The van der Waals surface area contributed by atoms with Crippen LogP contribution in [0.2, 0.25) is 0 Å². The number of carboxylic acid groups (broad SMARTS) is 1. The number of aryl methyl sites for hydroxylation is 1. The Morgan fingerprint density at radius 1 is 1.56 bits per heavy atom. The van der Waals surface area contributed by atoms with Gasteiger partial charge in [-0.3, -0.25) is 4.79 Å². The highest BCUT2D eigenvalue weighted by Gasteiger charge is 2.37. The Morgan fingerprint density at radius 3 is 2.94 bits per heavy atom. The standard InChI is InChI=1S/C13H17NO2/c1-2-9-4-3-5-10-8-13(14,12(15)16)7-6-11(9)10/h3-5H,2,6-8,14H2,1H3,(H,15,16)/t13-/m0/s1. The first kappa shape index (κ1) is 11.1. The molecule has 16 heavy (non-hydrogen) atoms. The molecule has 1 atom stereocenters. The lowest BCUT2D eigenvalue weighted by molar-refractivity contribution is -0.143. The maximum absolute atomic E-state index is 11.1. The predicted octanol–water partition coefficient (Wildman–Crippen LogP) is 1.52. The highest BCUT2D eigenvalue weighted by molar-refractivity contribution is 5.79. The van der Waals surface area contributed by atoms with E-state index < -0.39 is 11.5 Å². The van der Waals surface area contributed by atoms with Gasteiger partial charge in [0.2, 0.25) is 0 Å². The van der Waals surface area contributed by atoms with Gasteiger partial charge in [-0.05, 0) is 36.0 Å². The van der Waals surface area contributed by atoms with Gasteiger partial charge in [0.1, 0.15) is 5.54 Å². The van der Waals surface area contributed by atoms with Crippen LogP contribution in [0.25, 0.3) is 0 Å². The predicted molar refractivity (Wildman–Crippen MR) is 62.4 cm³/mol. The summed E-state index contributed by atoms with van der Waals surface area (Å²) in [6.45, 7) is 2.12. The lowest BCUT2D eigenvalue weighted by atomic mass is 9.77. The number of fused-ring (bicyclic) bond motifs is 1. The van der Waals surface area contributed by atoms with Crippen LogP contribution in [-0.2, 0) is 24.1 Å². The lowest BCUT2D eigenvalue weighted by Gasteiger charge is -2.31. The molecule has 1 aliphatic rings. The molecule has 1 aromatic rings. The average Bonchev–Trinajstić information content (AvgIpc) is 2.27. The topological polar surface area (TPSA) is 63.3 Å². The molecular weight excluding hydrogens is 202 g/mol. The Bertz CT molecular complexity index is 428. The van der Waals surface area contributed by atoms with Gasteiger partial charge in [0.05, 0.1) is 0 Å². The molecule has 0 spiro atoms. The Kier molecular flexibility index (Phi) is 2.72. The smallest absolute Gasteiger partial charge is 0.324 e. The van der Waals surface area contributed by atoms with Crippen molar-refractivity contribution in [3.63, 3.8) is 0 Å². The van der Waals surface area contributed by atoms with Gasteiger partial charge in [0.15, 0.2) is 0 Å². The molecule has 0 saturated carbocycles. The first-order chi connectivity index (χ1) is 7.57. The summed E-state index contributed by atoms with van der Waals surface area (Å²) < 4.78 is 0. The molecule has 86 valence electrons. The van der Waals surface area contributed by atoms with Crippen LogP contribution in [0.4, 0.5) is 0 Å². The number of aliphatic carboxylic acids is 1. The van der Waals surface area contributed by atoms with Crippen molar-refractivity contribution in [2.45, 2.75) is 38.1 Å². The Morgan fingerprint density at radius 2 is 2.31 bits per heavy atom. The second-order valence-corrected chi connectivity index (χ2v) is 4.55. The van der Waals surface area contributed by atoms with E-state index in [9.17, 15) is 4.79 Å². The zero-order chi connectivity index (χ0) is 11.8. The molecule has 3 nitrogen and oxygen atoms in total. The largest absolute Gasteiger partial charge is 0.480 e. The normalized spacial score (nSPS) is 23.9. The summed E-state index contributed by atoms with van der Waals surface area (Å²) in [6.07, 6.45) is 2.76. The fourth-order valence-electron chi connectivity index (χ4n) is 2.46. The van der Waals surface area contributed by atoms with E-state index in [1.165, 1.54) is 11.1 Å². The van der Waals surface area contributed by atoms with Crippen molar-refractivity contribution in [3.8, 4) is 0 Å². The maximum Gasteiger partial charge on any atom is 0.324 e. The molecular formula is C13H17NO2. The third kappa shape index (κ3) is 1.71. The summed E-state index contributed by atoms with van der Waals surface area (Å²) >= 11 is 0. The molecule has 0 radical (unpaired) electrons. The van der Waals surface area contributed by atoms with E-state index in [-0.39, 0.29) is 0 Å². The zero-order valence-corrected chi connectivity index (χ0v) is 9.49. The SMILES string of the molecule is CCc1cccc2c1CC[C@@](N)(C(=O)O)C2. The summed E-state index contributed by atoms with van der Waals surface area (Å²) in [6, 6.07) is 6.10. The summed E-state index contributed by atoms with van der Waals surface area (Å²) in [5, 5.41) is 9.12. The van der Waals surface area contributed by atoms with Crippen molar-refractivity contribution < 1.29 is 9.90 Å². The Hall–Kier alpha value is -1.35. The molecule has 1 aliphatic carbocycles. The summed E-state index contributed by atoms with van der Waals surface area (Å²) in [4.78, 5) is 11.1. The third-order valence-corrected chi connectivity index (χ3v) is 3.50. The number of hydrogen-bond donors (Lipinski definition) is 2. The monoisotopic (exact) mass is 219 g/mol. The zero-order valence-electron chi connectivity index (χ0n) is 9.49. The van der Waals surface area contributed by atoms with Crippen molar-refractivity contribution in [1.82, 2.24) is 0 Å². The van der Waals surface area contributed by atoms with E-state index >= 15 is 0 Å². The molecule has 0 unspecified atom stereocenters. The Balaban J connectivity index is 2.39. The molecule has 0 bridgehead atoms. The van der Waals surface area contributed by atoms with Gasteiger partial charge in [0, 0.05) is 6.42 Å². The summed E-state index contributed by atoms with van der Waals surface area (Å²) in [7, 11) is 0. The molecule has 0 aliphatic heterocycles. The summed E-state index contributed by atoms with van der Waals surface area (Å²) in [5.74, 6) is -0.889. The number of nitrogens with two attached hydrogens (primary N) is 1. The Labute approximate surface area is 95.3 Å². The molecule has 3 N–H and O–H groups in total. The number of rotatable bonds is 2. The van der Waals surface area contributed by atoms with Crippen molar-refractivity contribution in [3.05, 3.63) is 34.9 Å². The minimum Gasteiger partial charge on any atom is -0.480 e. The van der Waals surface area contributed by atoms with Gasteiger partial charge in [-0.15, -0.1) is 0 Å². The maximum atomic E-state index is 11.1. The first-order valence-corrected chi connectivity index (χ1v) is 5.69. The van der Waals surface area contributed by atoms with E-state index in [1.54, 1.807) is 0 Å². The van der Waals surface area contributed by atoms with Gasteiger partial charge in [-0.25, -0.2) is 0 Å². The van der Waals surface area contributed by atoms with Crippen molar-refractivity contribution in [2.24, 2.45) is 5.73 Å². The van der Waals surface area contributed by atoms with Crippen molar-refractivity contribution in [1.29, 1.82) is 0 Å². The molecule has 0 amide bonds. The molecule has 0 heterocycles. The highest BCUT2D eigenvalue weighted by atomic mass is 16.4. The molecule has 2 rings (SSSR count). The number of benzene rings is 1. The van der Waals surface area contributed by atoms with Crippen molar-refractivity contribution >= 4 is 5.97 Å². The van der Waals surface area contributed by atoms with Gasteiger partial charge in [-0.2, -0.15) is 0 Å². The second-order valence-electron chi connectivity index (χ2n) is 4.55. The lowest BCUT2D eigenvalue weighted by Crippen LogP contribution is -2.52. The van der Waals surface area contributed by atoms with Crippen LogP contribution >= 0.6 is 0 Å². The van der Waals surface area contributed by atoms with Crippen LogP contribution in [0.15, 0.2) is 18.2 Å². The van der Waals surface area contributed by atoms with E-state index in [2.05, 4.69) is 13.0 Å². The number of hydrogen-bond acceptors (Lipinski definition) is 2. The van der Waals surface area contributed by atoms with E-state index in [0.29, 0.717) is 12.8 Å². The van der Waals surface area contributed by atoms with Gasteiger partial charge in [0.25, 0.3) is 0 Å². The third-order valence-electron chi connectivity index (χ3n) is 3.50. The highest BCUT2D eigenvalue weighted by Crippen LogP contribution is 2.29. The van der Waals surface area contributed by atoms with E-state index in [4.69, 9.17) is 10.8 Å². The first-order valence-electron chi connectivity index (χ1n) is 5.69. The average molecular weight is 219 g/mol. The fraction of sp³-hybridized carbons (Fsp3) is 0.462. The number of carbonyl (C=O) groups is 1. The van der Waals surface area contributed by atoms with E-state index in [1.807, 2.05) is 12.1 Å². The molecule has 0 saturated heterocycles. The molecule has 0 aromatic heterocycles. The van der Waals surface area contributed by atoms with Crippen LogP contribution in [0.3, 0.4) is 0 Å². The van der Waals surface area contributed by atoms with Crippen LogP contribution in [0, 0.1) is 0 Å². The van der Waals surface area contributed by atoms with Crippen LogP contribution in [0.1, 0.15) is 30.0 Å². The van der Waals surface area contributed by atoms with Gasteiger partial charge < -0.3 is 10.8 Å². The van der Waals surface area contributed by atoms with Gasteiger partial charge >= 0.3 is 5.97 Å². The second kappa shape index (κ2) is 3.91. The van der Waals surface area contributed by atoms with E-state index in [0.717, 1.165) is 18.4 Å². The van der Waals surface area contributed by atoms with Crippen LogP contribution < -0.4 is 5.73 Å². The van der Waals surface area contributed by atoms with Gasteiger partial charge in [-0.1, -0.05) is 25.1 Å². The number of carboxylic acids is 1. The fourth-order valence-corrected chi connectivity index (χ4v) is 2.46. The molecule has 0 fully saturated rings. The molecule has 3 heteroatoms. The van der Waals surface area contributed by atoms with Crippen molar-refractivity contribution in [2.75, 3.05) is 0 Å². The minimum absolute atomic E-state index is 0.450. The minimum atomic E-state index is -1.07. The quantitative estimate of drug-likeness (QED) is 0.792. The van der Waals surface area contributed by atoms with Crippen LogP contribution in [-0.4, -0.2) is 16.6 Å².